The first-order chi connectivity index (χ1) is 7.63. The molecule has 2 aromatic rings. The van der Waals surface area contributed by atoms with Gasteiger partial charge >= 0.3 is 0 Å². The molecule has 0 spiro atoms. The zero-order chi connectivity index (χ0) is 11.7. The highest BCUT2D eigenvalue weighted by Gasteiger charge is 2.08. The lowest BCUT2D eigenvalue weighted by Crippen LogP contribution is -1.93. The third-order valence-corrected chi connectivity index (χ3v) is 3.35. The Morgan fingerprint density at radius 2 is 2.12 bits per heavy atom. The van der Waals surface area contributed by atoms with Gasteiger partial charge in [-0.3, -0.25) is 0 Å². The molecule has 0 aliphatic rings. The van der Waals surface area contributed by atoms with Crippen LogP contribution in [0.4, 0.5) is 0 Å². The fourth-order valence-corrected chi connectivity index (χ4v) is 2.08. The summed E-state index contributed by atoms with van der Waals surface area (Å²) in [6, 6.07) is 6.42. The van der Waals surface area contributed by atoms with Crippen LogP contribution in [0.5, 0.6) is 0 Å². The Balaban J connectivity index is 2.48. The van der Waals surface area contributed by atoms with Crippen LogP contribution in [-0.4, -0.2) is 11.3 Å². The summed E-state index contributed by atoms with van der Waals surface area (Å²) in [4.78, 5) is 13.9. The van der Waals surface area contributed by atoms with Gasteiger partial charge in [-0.25, -0.2) is 0 Å². The zero-order valence-electron chi connectivity index (χ0n) is 10.0. The predicted molar refractivity (Wildman–Crippen MR) is 66.9 cm³/mol. The summed E-state index contributed by atoms with van der Waals surface area (Å²) in [6.07, 6.45) is 1.57. The van der Waals surface area contributed by atoms with Crippen LogP contribution in [0.2, 0.25) is 0 Å². The smallest absolute Gasteiger partial charge is 0.120 e. The molecule has 2 nitrogen and oxygen atoms in total. The molecule has 1 aromatic carbocycles. The lowest BCUT2D eigenvalue weighted by molar-refractivity contribution is -0.108. The summed E-state index contributed by atoms with van der Waals surface area (Å²) < 4.78 is 0. The van der Waals surface area contributed by atoms with Gasteiger partial charge in [0.25, 0.3) is 0 Å². The highest BCUT2D eigenvalue weighted by atomic mass is 16.1. The standard InChI is InChI=1S/C14H17NO/c1-9(6-7-16)12-4-5-13-10(2)11(3)15-14(13)8-12/h4-5,7-9,15H,6H2,1-3H3. The molecular formula is C14H17NO. The molecule has 0 radical (unpaired) electrons. The molecule has 1 heterocycles. The Kier molecular flexibility index (Phi) is 2.82. The van der Waals surface area contributed by atoms with Crippen LogP contribution < -0.4 is 0 Å². The number of nitrogens with one attached hydrogen (secondary N) is 1. The first-order valence-electron chi connectivity index (χ1n) is 5.66. The van der Waals surface area contributed by atoms with Gasteiger partial charge in [0.2, 0.25) is 0 Å². The lowest BCUT2D eigenvalue weighted by Gasteiger charge is -2.07. The van der Waals surface area contributed by atoms with Crippen molar-refractivity contribution in [3.63, 3.8) is 0 Å². The number of carbonyl (C=O) groups is 1. The average Bonchev–Trinajstić information content (AvgIpc) is 2.55. The molecule has 0 saturated heterocycles. The van der Waals surface area contributed by atoms with Crippen LogP contribution in [0.25, 0.3) is 10.9 Å². The highest BCUT2D eigenvalue weighted by molar-refractivity contribution is 5.85. The van der Waals surface area contributed by atoms with E-state index in [0.717, 1.165) is 6.29 Å². The summed E-state index contributed by atoms with van der Waals surface area (Å²) in [5, 5.41) is 1.28. The largest absolute Gasteiger partial charge is 0.358 e. The average molecular weight is 215 g/mol. The van der Waals surface area contributed by atoms with Crippen molar-refractivity contribution >= 4 is 17.2 Å². The molecule has 0 aliphatic heterocycles. The van der Waals surface area contributed by atoms with E-state index in [1.165, 1.54) is 27.7 Å². The summed E-state index contributed by atoms with van der Waals surface area (Å²) >= 11 is 0. The van der Waals surface area contributed by atoms with Gasteiger partial charge in [0, 0.05) is 23.0 Å². The van der Waals surface area contributed by atoms with Gasteiger partial charge in [0.1, 0.15) is 6.29 Å². The minimum absolute atomic E-state index is 0.297. The maximum Gasteiger partial charge on any atom is 0.120 e. The Morgan fingerprint density at radius 1 is 1.38 bits per heavy atom. The molecular weight excluding hydrogens is 198 g/mol. The molecule has 1 N–H and O–H groups in total. The fourth-order valence-electron chi connectivity index (χ4n) is 2.08. The van der Waals surface area contributed by atoms with E-state index in [2.05, 4.69) is 44.0 Å². The molecule has 0 amide bonds. The van der Waals surface area contributed by atoms with Gasteiger partial charge in [0.15, 0.2) is 0 Å². The molecule has 16 heavy (non-hydrogen) atoms. The van der Waals surface area contributed by atoms with E-state index in [-0.39, 0.29) is 0 Å². The maximum atomic E-state index is 10.5. The van der Waals surface area contributed by atoms with Crippen LogP contribution in [0.15, 0.2) is 18.2 Å². The van der Waals surface area contributed by atoms with Crippen molar-refractivity contribution in [1.82, 2.24) is 4.98 Å². The van der Waals surface area contributed by atoms with Crippen molar-refractivity contribution in [3.8, 4) is 0 Å². The van der Waals surface area contributed by atoms with Gasteiger partial charge in [-0.2, -0.15) is 0 Å². The summed E-state index contributed by atoms with van der Waals surface area (Å²) in [5.41, 5.74) is 4.92. The number of hydrogen-bond acceptors (Lipinski definition) is 1. The number of H-pyrrole nitrogens is 1. The first kappa shape index (κ1) is 10.9. The van der Waals surface area contributed by atoms with Crippen molar-refractivity contribution in [2.75, 3.05) is 0 Å². The Labute approximate surface area is 95.7 Å². The van der Waals surface area contributed by atoms with Gasteiger partial charge in [-0.15, -0.1) is 0 Å². The topological polar surface area (TPSA) is 32.9 Å². The van der Waals surface area contributed by atoms with E-state index in [1.807, 2.05) is 0 Å². The Morgan fingerprint density at radius 3 is 2.81 bits per heavy atom. The number of hydrogen-bond donors (Lipinski definition) is 1. The summed E-state index contributed by atoms with van der Waals surface area (Å²) in [5.74, 6) is 0.297. The van der Waals surface area contributed by atoms with E-state index in [9.17, 15) is 4.79 Å². The number of aldehydes is 1. The van der Waals surface area contributed by atoms with Crippen molar-refractivity contribution < 1.29 is 4.79 Å². The monoisotopic (exact) mass is 215 g/mol. The van der Waals surface area contributed by atoms with Crippen molar-refractivity contribution in [3.05, 3.63) is 35.0 Å². The van der Waals surface area contributed by atoms with Gasteiger partial charge in [-0.05, 0) is 37.0 Å². The molecule has 1 atom stereocenters. The molecule has 0 fully saturated rings. The minimum atomic E-state index is 0.297. The number of aryl methyl sites for hydroxylation is 2. The van der Waals surface area contributed by atoms with E-state index in [1.54, 1.807) is 0 Å². The van der Waals surface area contributed by atoms with Crippen LogP contribution in [0, 0.1) is 13.8 Å². The minimum Gasteiger partial charge on any atom is -0.358 e. The Hall–Kier alpha value is -1.57. The second kappa shape index (κ2) is 4.12. The lowest BCUT2D eigenvalue weighted by atomic mass is 9.97. The maximum absolute atomic E-state index is 10.5. The third-order valence-electron chi connectivity index (χ3n) is 3.35. The summed E-state index contributed by atoms with van der Waals surface area (Å²) in [7, 11) is 0. The fraction of sp³-hybridized carbons (Fsp3) is 0.357. The van der Waals surface area contributed by atoms with Crippen molar-refractivity contribution in [2.45, 2.75) is 33.1 Å². The molecule has 1 aromatic heterocycles. The quantitative estimate of drug-likeness (QED) is 0.781. The van der Waals surface area contributed by atoms with Gasteiger partial charge < -0.3 is 9.78 Å². The number of fused-ring (bicyclic) bond motifs is 1. The molecule has 84 valence electrons. The summed E-state index contributed by atoms with van der Waals surface area (Å²) in [6.45, 7) is 6.30. The third kappa shape index (κ3) is 1.75. The second-order valence-electron chi connectivity index (χ2n) is 4.48. The number of carbonyl (C=O) groups excluding carboxylic acids is 1. The molecule has 2 rings (SSSR count). The van der Waals surface area contributed by atoms with Crippen LogP contribution in [0.1, 0.15) is 36.1 Å². The van der Waals surface area contributed by atoms with Gasteiger partial charge in [-0.1, -0.05) is 19.1 Å². The van der Waals surface area contributed by atoms with E-state index >= 15 is 0 Å². The number of aromatic nitrogens is 1. The van der Waals surface area contributed by atoms with Crippen LogP contribution in [0.3, 0.4) is 0 Å². The highest BCUT2D eigenvalue weighted by Crippen LogP contribution is 2.26. The van der Waals surface area contributed by atoms with E-state index in [4.69, 9.17) is 0 Å². The number of rotatable bonds is 3. The Bertz CT molecular complexity index is 525. The molecule has 1 unspecified atom stereocenters. The molecule has 2 heteroatoms. The molecule has 0 aliphatic carbocycles. The van der Waals surface area contributed by atoms with Crippen LogP contribution in [-0.2, 0) is 4.79 Å². The van der Waals surface area contributed by atoms with Gasteiger partial charge in [0.05, 0.1) is 0 Å². The van der Waals surface area contributed by atoms with E-state index < -0.39 is 0 Å². The molecule has 0 saturated carbocycles. The number of aromatic amines is 1. The first-order valence-corrected chi connectivity index (χ1v) is 5.66. The predicted octanol–water partition coefficient (Wildman–Crippen LogP) is 3.48. The van der Waals surface area contributed by atoms with Crippen molar-refractivity contribution in [1.29, 1.82) is 0 Å². The van der Waals surface area contributed by atoms with Crippen LogP contribution >= 0.6 is 0 Å². The van der Waals surface area contributed by atoms with E-state index in [0.29, 0.717) is 12.3 Å². The second-order valence-corrected chi connectivity index (χ2v) is 4.48. The SMILES string of the molecule is Cc1[nH]c2cc(C(C)CC=O)ccc2c1C. The normalized spacial score (nSPS) is 12.9. The number of benzene rings is 1. The van der Waals surface area contributed by atoms with Crippen molar-refractivity contribution in [2.24, 2.45) is 0 Å². The molecule has 0 bridgehead atoms. The zero-order valence-corrected chi connectivity index (χ0v) is 10.0.